The molecule has 0 aromatic heterocycles. The lowest BCUT2D eigenvalue weighted by Gasteiger charge is -2.34. The van der Waals surface area contributed by atoms with Crippen molar-refractivity contribution in [3.05, 3.63) is 179 Å². The van der Waals surface area contributed by atoms with Crippen molar-refractivity contribution >= 4 is 35.8 Å². The molecule has 53 heavy (non-hydrogen) atoms. The van der Waals surface area contributed by atoms with Crippen LogP contribution in [0.4, 0.5) is 0 Å². The first-order chi connectivity index (χ1) is 25.7. The highest BCUT2D eigenvalue weighted by Gasteiger charge is 2.48. The third-order valence-electron chi connectivity index (χ3n) is 7.64. The van der Waals surface area contributed by atoms with E-state index >= 15 is 0 Å². The molecule has 0 aliphatic rings. The molecule has 5 aromatic carbocycles. The molecular formula is C41H32O12. The van der Waals surface area contributed by atoms with Crippen LogP contribution in [0.15, 0.2) is 152 Å². The number of hydrogen-bond donors (Lipinski definition) is 1. The van der Waals surface area contributed by atoms with E-state index in [9.17, 15) is 33.9 Å². The van der Waals surface area contributed by atoms with Crippen molar-refractivity contribution in [3.8, 4) is 0 Å². The SMILES string of the molecule is O=C(OC[C@@H](OC(=O)c1ccccc1)[C@@H](OC(=O)c1ccccc1)[C@H](OC(=O)c1ccccc1)[C@@H](OC(=O)c1ccccc1)C(=O)O)c1ccccc1. The van der Waals surface area contributed by atoms with Crippen molar-refractivity contribution in [2.24, 2.45) is 0 Å². The fourth-order valence-corrected chi connectivity index (χ4v) is 4.99. The standard InChI is InChI=1S/C41H32O12/c42-36(43)35(53-41(48)31-24-14-5-15-25-31)34(52-40(47)30-22-12-4-13-23-30)33(51-39(46)29-20-10-3-11-21-29)32(50-38(45)28-18-8-2-9-19-28)26-49-37(44)27-16-6-1-7-17-27/h1-25,32-35H,26H2,(H,42,43)/t32-,33-,34+,35-/m1/s1. The molecule has 0 aliphatic carbocycles. The minimum Gasteiger partial charge on any atom is -0.478 e. The van der Waals surface area contributed by atoms with Crippen molar-refractivity contribution < 1.29 is 57.6 Å². The van der Waals surface area contributed by atoms with E-state index in [0.717, 1.165) is 0 Å². The van der Waals surface area contributed by atoms with Gasteiger partial charge >= 0.3 is 35.8 Å². The molecule has 0 radical (unpaired) electrons. The predicted octanol–water partition coefficient (Wildman–Crippen LogP) is 5.83. The van der Waals surface area contributed by atoms with Crippen molar-refractivity contribution in [3.63, 3.8) is 0 Å². The molecule has 0 heterocycles. The fraction of sp³-hybridized carbons (Fsp3) is 0.122. The van der Waals surface area contributed by atoms with Gasteiger partial charge < -0.3 is 28.8 Å². The maximum absolute atomic E-state index is 13.7. The van der Waals surface area contributed by atoms with Crippen LogP contribution in [-0.4, -0.2) is 71.9 Å². The lowest BCUT2D eigenvalue weighted by Crippen LogP contribution is -2.55. The molecule has 0 spiro atoms. The molecule has 268 valence electrons. The average molecular weight is 717 g/mol. The quantitative estimate of drug-likeness (QED) is 0.102. The van der Waals surface area contributed by atoms with Gasteiger partial charge in [-0.2, -0.15) is 0 Å². The van der Waals surface area contributed by atoms with Gasteiger partial charge in [-0.25, -0.2) is 28.8 Å². The van der Waals surface area contributed by atoms with E-state index in [4.69, 9.17) is 23.7 Å². The van der Waals surface area contributed by atoms with Crippen LogP contribution in [0.25, 0.3) is 0 Å². The fourth-order valence-electron chi connectivity index (χ4n) is 4.99. The number of hydrogen-bond acceptors (Lipinski definition) is 11. The second-order valence-electron chi connectivity index (χ2n) is 11.3. The Balaban J connectivity index is 1.62. The topological polar surface area (TPSA) is 169 Å². The first-order valence-electron chi connectivity index (χ1n) is 16.2. The van der Waals surface area contributed by atoms with E-state index in [1.165, 1.54) is 97.1 Å². The maximum atomic E-state index is 13.7. The lowest BCUT2D eigenvalue weighted by atomic mass is 10.0. The van der Waals surface area contributed by atoms with Gasteiger partial charge in [-0.3, -0.25) is 0 Å². The van der Waals surface area contributed by atoms with Gasteiger partial charge in [0.15, 0.2) is 18.3 Å². The first-order valence-corrected chi connectivity index (χ1v) is 16.2. The van der Waals surface area contributed by atoms with E-state index < -0.39 is 66.8 Å². The summed E-state index contributed by atoms with van der Waals surface area (Å²) in [5.41, 5.74) is 0.0353. The summed E-state index contributed by atoms with van der Waals surface area (Å²) >= 11 is 0. The summed E-state index contributed by atoms with van der Waals surface area (Å²) in [7, 11) is 0. The number of rotatable bonds is 15. The van der Waals surface area contributed by atoms with Gasteiger partial charge in [0.1, 0.15) is 6.61 Å². The van der Waals surface area contributed by atoms with Crippen LogP contribution < -0.4 is 0 Å². The molecule has 12 nitrogen and oxygen atoms in total. The molecule has 0 aliphatic heterocycles. The normalized spacial score (nSPS) is 12.8. The number of ether oxygens (including phenoxy) is 5. The molecule has 0 saturated carbocycles. The lowest BCUT2D eigenvalue weighted by molar-refractivity contribution is -0.167. The number of aliphatic carboxylic acids is 1. The smallest absolute Gasteiger partial charge is 0.349 e. The number of carbonyl (C=O) groups is 6. The van der Waals surface area contributed by atoms with Gasteiger partial charge in [-0.1, -0.05) is 91.0 Å². The monoisotopic (exact) mass is 716 g/mol. The van der Waals surface area contributed by atoms with E-state index in [2.05, 4.69) is 0 Å². The largest absolute Gasteiger partial charge is 0.478 e. The third kappa shape index (κ3) is 10.2. The summed E-state index contributed by atoms with van der Waals surface area (Å²) in [6.07, 6.45) is -8.50. The van der Waals surface area contributed by atoms with Crippen LogP contribution in [0.2, 0.25) is 0 Å². The van der Waals surface area contributed by atoms with Crippen LogP contribution in [0.3, 0.4) is 0 Å². The van der Waals surface area contributed by atoms with Crippen molar-refractivity contribution in [1.29, 1.82) is 0 Å². The van der Waals surface area contributed by atoms with Crippen LogP contribution in [-0.2, 0) is 28.5 Å². The molecular weight excluding hydrogens is 684 g/mol. The Morgan fingerprint density at radius 1 is 0.396 bits per heavy atom. The van der Waals surface area contributed by atoms with E-state index in [1.807, 2.05) is 0 Å². The molecule has 5 aromatic rings. The Hall–Kier alpha value is -7.08. The van der Waals surface area contributed by atoms with Gasteiger partial charge in [0, 0.05) is 0 Å². The average Bonchev–Trinajstić information content (AvgIpc) is 3.21. The predicted molar refractivity (Wildman–Crippen MR) is 187 cm³/mol. The van der Waals surface area contributed by atoms with Crippen molar-refractivity contribution in [2.75, 3.05) is 6.61 Å². The molecule has 5 rings (SSSR count). The van der Waals surface area contributed by atoms with Gasteiger partial charge in [0.25, 0.3) is 0 Å². The van der Waals surface area contributed by atoms with E-state index in [-0.39, 0.29) is 27.8 Å². The maximum Gasteiger partial charge on any atom is 0.349 e. The summed E-state index contributed by atoms with van der Waals surface area (Å²) < 4.78 is 28.4. The molecule has 0 unspecified atom stereocenters. The molecule has 0 amide bonds. The van der Waals surface area contributed by atoms with Crippen molar-refractivity contribution in [1.82, 2.24) is 0 Å². The minimum atomic E-state index is -2.37. The second-order valence-corrected chi connectivity index (χ2v) is 11.3. The molecule has 0 bridgehead atoms. The Kier molecular flexibility index (Phi) is 12.8. The number of carboxylic acid groups (broad SMARTS) is 1. The highest BCUT2D eigenvalue weighted by atomic mass is 16.6. The van der Waals surface area contributed by atoms with Gasteiger partial charge in [0.2, 0.25) is 6.10 Å². The minimum absolute atomic E-state index is 0.0202. The van der Waals surface area contributed by atoms with Gasteiger partial charge in [0.05, 0.1) is 27.8 Å². The Labute approximate surface area is 303 Å². The van der Waals surface area contributed by atoms with Gasteiger partial charge in [-0.15, -0.1) is 0 Å². The van der Waals surface area contributed by atoms with Crippen LogP contribution in [0.5, 0.6) is 0 Å². The highest BCUT2D eigenvalue weighted by molar-refractivity contribution is 5.93. The first kappa shape index (κ1) is 37.2. The number of benzene rings is 5. The second kappa shape index (κ2) is 18.2. The van der Waals surface area contributed by atoms with Crippen LogP contribution in [0, 0.1) is 0 Å². The van der Waals surface area contributed by atoms with E-state index in [1.54, 1.807) is 54.6 Å². The number of carbonyl (C=O) groups excluding carboxylic acids is 5. The zero-order valence-electron chi connectivity index (χ0n) is 27.9. The zero-order chi connectivity index (χ0) is 37.6. The molecule has 4 atom stereocenters. The Morgan fingerprint density at radius 3 is 1.06 bits per heavy atom. The van der Waals surface area contributed by atoms with Gasteiger partial charge in [-0.05, 0) is 60.7 Å². The summed E-state index contributed by atoms with van der Waals surface area (Å²) in [6, 6.07) is 37.7. The summed E-state index contributed by atoms with van der Waals surface area (Å²) in [5, 5.41) is 10.5. The summed E-state index contributed by atoms with van der Waals surface area (Å²) in [6.45, 7) is -0.836. The van der Waals surface area contributed by atoms with E-state index in [0.29, 0.717) is 0 Å². The molecule has 0 saturated heterocycles. The Bertz CT molecular complexity index is 2000. The highest BCUT2D eigenvalue weighted by Crippen LogP contribution is 2.24. The van der Waals surface area contributed by atoms with Crippen LogP contribution >= 0.6 is 0 Å². The zero-order valence-corrected chi connectivity index (χ0v) is 27.9. The number of esters is 5. The van der Waals surface area contributed by atoms with Crippen molar-refractivity contribution in [2.45, 2.75) is 24.4 Å². The Morgan fingerprint density at radius 2 is 0.698 bits per heavy atom. The van der Waals surface area contributed by atoms with Crippen LogP contribution in [0.1, 0.15) is 51.8 Å². The molecule has 0 fully saturated rings. The number of carboxylic acids is 1. The summed E-state index contributed by atoms with van der Waals surface area (Å²) in [4.78, 5) is 80.3. The molecule has 1 N–H and O–H groups in total. The molecule has 12 heteroatoms. The third-order valence-corrected chi connectivity index (χ3v) is 7.64. The summed E-state index contributed by atoms with van der Waals surface area (Å²) in [5.74, 6) is -6.97.